The van der Waals surface area contributed by atoms with Crippen molar-refractivity contribution in [3.63, 3.8) is 0 Å². The molecule has 8 heteroatoms. The summed E-state index contributed by atoms with van der Waals surface area (Å²) in [6.45, 7) is 0. The molecule has 4 aromatic carbocycles. The maximum absolute atomic E-state index is 14.2. The van der Waals surface area contributed by atoms with E-state index in [1.807, 2.05) is 36.4 Å². The van der Waals surface area contributed by atoms with E-state index in [-0.39, 0.29) is 11.8 Å². The van der Waals surface area contributed by atoms with Crippen LogP contribution in [-0.4, -0.2) is 50.3 Å². The molecule has 2 fully saturated rings. The zero-order valence-electron chi connectivity index (χ0n) is 22.0. The van der Waals surface area contributed by atoms with Crippen molar-refractivity contribution in [3.05, 3.63) is 109 Å². The molecule has 0 bridgehead atoms. The number of methoxy groups -OCH3 is 2. The zero-order chi connectivity index (χ0) is 27.6. The molecule has 0 radical (unpaired) electrons. The first-order chi connectivity index (χ1) is 19.6. The van der Waals surface area contributed by atoms with E-state index in [0.29, 0.717) is 34.4 Å². The Morgan fingerprint density at radius 1 is 0.475 bits per heavy atom. The second-order valence-electron chi connectivity index (χ2n) is 9.50. The van der Waals surface area contributed by atoms with Crippen LogP contribution in [0.1, 0.15) is 0 Å². The van der Waals surface area contributed by atoms with E-state index in [4.69, 9.17) is 18.9 Å². The Morgan fingerprint density at radius 3 is 1.15 bits per heavy atom. The van der Waals surface area contributed by atoms with Crippen LogP contribution in [0.3, 0.4) is 0 Å². The number of hydrogen-bond acceptors (Lipinski definition) is 6. The number of carbonyl (C=O) groups excluding carboxylic acids is 2. The van der Waals surface area contributed by atoms with Crippen LogP contribution in [0.4, 0.5) is 11.4 Å². The van der Waals surface area contributed by atoms with Crippen molar-refractivity contribution in [1.82, 2.24) is 0 Å². The monoisotopic (exact) mass is 536 g/mol. The number of nitrogens with zero attached hydrogens (tertiary/aromatic N) is 2. The molecule has 0 aliphatic carbocycles. The smallest absolute Gasteiger partial charge is 0.270 e. The van der Waals surface area contributed by atoms with Crippen molar-refractivity contribution in [3.8, 4) is 23.0 Å². The highest BCUT2D eigenvalue weighted by molar-refractivity contribution is 6.10. The van der Waals surface area contributed by atoms with Crippen molar-refractivity contribution in [1.29, 1.82) is 0 Å². The Bertz CT molecular complexity index is 1360. The van der Waals surface area contributed by atoms with Gasteiger partial charge in [-0.15, -0.1) is 0 Å². The summed E-state index contributed by atoms with van der Waals surface area (Å²) >= 11 is 0. The molecule has 4 atom stereocenters. The Hall–Kier alpha value is -4.98. The number of benzene rings is 4. The van der Waals surface area contributed by atoms with Crippen molar-refractivity contribution in [2.75, 3.05) is 24.0 Å². The van der Waals surface area contributed by atoms with Gasteiger partial charge in [0.15, 0.2) is 12.2 Å². The van der Waals surface area contributed by atoms with Crippen LogP contribution in [-0.2, 0) is 9.59 Å². The highest BCUT2D eigenvalue weighted by Crippen LogP contribution is 2.42. The average molecular weight is 537 g/mol. The lowest BCUT2D eigenvalue weighted by atomic mass is 10.1. The molecule has 6 rings (SSSR count). The molecular weight excluding hydrogens is 508 g/mol. The number of para-hydroxylation sites is 2. The summed E-state index contributed by atoms with van der Waals surface area (Å²) in [4.78, 5) is 31.7. The van der Waals surface area contributed by atoms with E-state index >= 15 is 0 Å². The second kappa shape index (κ2) is 10.6. The fourth-order valence-electron chi connectivity index (χ4n) is 5.41. The SMILES string of the molecule is COc1ccc(N2C(=O)[C@@H](Oc3ccccc3)[C@H]3[C@@H]2[C@H](Oc2ccccc2)C(=O)N3c2ccc(OC)cc2)cc1. The predicted octanol–water partition coefficient (Wildman–Crippen LogP) is 4.73. The van der Waals surface area contributed by atoms with Gasteiger partial charge >= 0.3 is 0 Å². The molecule has 202 valence electrons. The third-order valence-electron chi connectivity index (χ3n) is 7.24. The van der Waals surface area contributed by atoms with Crippen molar-refractivity contribution < 1.29 is 28.5 Å². The highest BCUT2D eigenvalue weighted by Gasteiger charge is 2.64. The van der Waals surface area contributed by atoms with Crippen molar-refractivity contribution >= 4 is 23.2 Å². The Labute approximate surface area is 232 Å². The topological polar surface area (TPSA) is 77.5 Å². The van der Waals surface area contributed by atoms with Crippen LogP contribution in [0.5, 0.6) is 23.0 Å². The van der Waals surface area contributed by atoms with Gasteiger partial charge in [0.2, 0.25) is 0 Å². The van der Waals surface area contributed by atoms with Crippen molar-refractivity contribution in [2.24, 2.45) is 0 Å². The van der Waals surface area contributed by atoms with E-state index in [9.17, 15) is 9.59 Å². The van der Waals surface area contributed by atoms with Gasteiger partial charge < -0.3 is 18.9 Å². The lowest BCUT2D eigenvalue weighted by Gasteiger charge is -2.27. The molecule has 2 aliphatic heterocycles. The largest absolute Gasteiger partial charge is 0.497 e. The molecule has 8 nitrogen and oxygen atoms in total. The van der Waals surface area contributed by atoms with Crippen LogP contribution >= 0.6 is 0 Å². The molecule has 0 spiro atoms. The fourth-order valence-corrected chi connectivity index (χ4v) is 5.41. The Kier molecular flexibility index (Phi) is 6.74. The first-order valence-corrected chi connectivity index (χ1v) is 13.0. The molecule has 2 saturated heterocycles. The predicted molar refractivity (Wildman–Crippen MR) is 150 cm³/mol. The first-order valence-electron chi connectivity index (χ1n) is 13.0. The minimum atomic E-state index is -0.982. The molecule has 0 N–H and O–H groups in total. The number of rotatable bonds is 8. The van der Waals surface area contributed by atoms with E-state index in [2.05, 4.69) is 0 Å². The van der Waals surface area contributed by atoms with Crippen LogP contribution in [0.25, 0.3) is 0 Å². The maximum atomic E-state index is 14.2. The molecule has 40 heavy (non-hydrogen) atoms. The second-order valence-corrected chi connectivity index (χ2v) is 9.50. The maximum Gasteiger partial charge on any atom is 0.270 e. The lowest BCUT2D eigenvalue weighted by Crippen LogP contribution is -2.47. The van der Waals surface area contributed by atoms with E-state index < -0.39 is 24.3 Å². The number of carbonyl (C=O) groups is 2. The quantitative estimate of drug-likeness (QED) is 0.324. The van der Waals surface area contributed by atoms with Gasteiger partial charge in [-0.25, -0.2) is 0 Å². The summed E-state index contributed by atoms with van der Waals surface area (Å²) < 4.78 is 23.4. The van der Waals surface area contributed by atoms with Gasteiger partial charge in [0.25, 0.3) is 11.8 Å². The normalized spacial score (nSPS) is 21.8. The molecule has 2 heterocycles. The summed E-state index contributed by atoms with van der Waals surface area (Å²) in [5.41, 5.74) is 1.23. The Morgan fingerprint density at radius 2 is 0.825 bits per heavy atom. The van der Waals surface area contributed by atoms with E-state index in [1.165, 1.54) is 0 Å². The number of hydrogen-bond donors (Lipinski definition) is 0. The number of ether oxygens (including phenoxy) is 4. The fraction of sp³-hybridized carbons (Fsp3) is 0.188. The molecule has 2 amide bonds. The standard InChI is InChI=1S/C32H28N2O6/c1-37-23-17-13-21(14-18-23)33-27-28(30(31(33)35)40-26-11-7-4-8-12-26)34(22-15-19-24(38-2)20-16-22)32(36)29(27)39-25-9-5-3-6-10-25/h3-20,27-30H,1-2H3/t27-,28-,29+,30+/m1/s1. The summed E-state index contributed by atoms with van der Waals surface area (Å²) in [7, 11) is 3.17. The van der Waals surface area contributed by atoms with Crippen LogP contribution in [0.2, 0.25) is 0 Å². The summed E-state index contributed by atoms with van der Waals surface area (Å²) in [6.07, 6.45) is -1.96. The van der Waals surface area contributed by atoms with Gasteiger partial charge in [0.1, 0.15) is 35.1 Å². The first kappa shape index (κ1) is 25.3. The van der Waals surface area contributed by atoms with E-state index in [0.717, 1.165) is 0 Å². The van der Waals surface area contributed by atoms with Crippen LogP contribution < -0.4 is 28.7 Å². The molecule has 2 aliphatic rings. The van der Waals surface area contributed by atoms with Crippen molar-refractivity contribution in [2.45, 2.75) is 24.3 Å². The number of anilines is 2. The zero-order valence-corrected chi connectivity index (χ0v) is 22.0. The summed E-state index contributed by atoms with van der Waals surface area (Å²) in [5, 5.41) is 0. The van der Waals surface area contributed by atoms with Gasteiger partial charge in [0, 0.05) is 11.4 Å². The Balaban J connectivity index is 1.48. The molecular formula is C32H28N2O6. The van der Waals surface area contributed by atoms with Gasteiger partial charge in [0.05, 0.1) is 14.2 Å². The van der Waals surface area contributed by atoms with Gasteiger partial charge in [-0.05, 0) is 72.8 Å². The minimum absolute atomic E-state index is 0.267. The van der Waals surface area contributed by atoms with Gasteiger partial charge in [-0.2, -0.15) is 0 Å². The third-order valence-corrected chi connectivity index (χ3v) is 7.24. The van der Waals surface area contributed by atoms with E-state index in [1.54, 1.807) is 96.8 Å². The lowest BCUT2D eigenvalue weighted by molar-refractivity contribution is -0.126. The number of fused-ring (bicyclic) bond motifs is 1. The summed E-state index contributed by atoms with van der Waals surface area (Å²) in [6, 6.07) is 31.3. The molecule has 4 aromatic rings. The summed E-state index contributed by atoms with van der Waals surface area (Å²) in [5.74, 6) is 1.84. The third kappa shape index (κ3) is 4.47. The van der Waals surface area contributed by atoms with Gasteiger partial charge in [-0.3, -0.25) is 19.4 Å². The van der Waals surface area contributed by atoms with Crippen LogP contribution in [0.15, 0.2) is 109 Å². The van der Waals surface area contributed by atoms with Gasteiger partial charge in [-0.1, -0.05) is 36.4 Å². The molecule has 0 saturated carbocycles. The molecule has 0 aromatic heterocycles. The number of amides is 2. The average Bonchev–Trinajstić information content (AvgIpc) is 3.43. The minimum Gasteiger partial charge on any atom is -0.497 e. The van der Waals surface area contributed by atoms with Crippen LogP contribution in [0, 0.1) is 0 Å². The highest BCUT2D eigenvalue weighted by atomic mass is 16.5. The molecule has 0 unspecified atom stereocenters.